The van der Waals surface area contributed by atoms with Gasteiger partial charge in [-0.15, -0.1) is 4.65 Å². The van der Waals surface area contributed by atoms with E-state index in [1.807, 2.05) is 14.1 Å². The van der Waals surface area contributed by atoms with Gasteiger partial charge in [-0.3, -0.25) is 4.84 Å². The highest BCUT2D eigenvalue weighted by molar-refractivity contribution is 5.69. The fraction of sp³-hybridized carbons (Fsp3) is 0.800. The number of rotatable bonds is 0. The summed E-state index contributed by atoms with van der Waals surface area (Å²) in [6, 6.07) is 0. The van der Waals surface area contributed by atoms with Gasteiger partial charge in [0.05, 0.1) is 0 Å². The zero-order valence-electron chi connectivity index (χ0n) is 5.18. The van der Waals surface area contributed by atoms with Gasteiger partial charge >= 0.3 is 5.97 Å². The standard InChI is InChI=1S/C5H10NO2/c1-6(2)4-3-5(7)8-6/h3-4H2,1-2H3/q+1. The topological polar surface area (TPSA) is 26.3 Å². The molecule has 1 saturated heterocycles. The lowest BCUT2D eigenvalue weighted by molar-refractivity contribution is -1.05. The van der Waals surface area contributed by atoms with Crippen LogP contribution >= 0.6 is 0 Å². The van der Waals surface area contributed by atoms with Crippen molar-refractivity contribution in [1.82, 2.24) is 0 Å². The smallest absolute Gasteiger partial charge is 0.277 e. The van der Waals surface area contributed by atoms with E-state index in [0.717, 1.165) is 6.54 Å². The number of hydrogen-bond donors (Lipinski definition) is 0. The Morgan fingerprint density at radius 3 is 2.38 bits per heavy atom. The molecule has 46 valence electrons. The number of hydrogen-bond acceptors (Lipinski definition) is 2. The predicted octanol–water partition coefficient (Wildman–Crippen LogP) is -0.0753. The lowest BCUT2D eigenvalue weighted by atomic mass is 10.4. The molecule has 0 saturated carbocycles. The second-order valence-electron chi connectivity index (χ2n) is 2.51. The fourth-order valence-electron chi connectivity index (χ4n) is 0.727. The summed E-state index contributed by atoms with van der Waals surface area (Å²) < 4.78 is 0.388. The van der Waals surface area contributed by atoms with Gasteiger partial charge in [0.2, 0.25) is 0 Å². The Bertz CT molecular complexity index is 120. The van der Waals surface area contributed by atoms with Crippen molar-refractivity contribution >= 4 is 5.97 Å². The lowest BCUT2D eigenvalue weighted by Gasteiger charge is -2.16. The van der Waals surface area contributed by atoms with Crippen molar-refractivity contribution in [3.05, 3.63) is 0 Å². The van der Waals surface area contributed by atoms with Crippen molar-refractivity contribution in [3.8, 4) is 0 Å². The molecule has 1 aliphatic rings. The molecule has 3 heteroatoms. The van der Waals surface area contributed by atoms with E-state index in [0.29, 0.717) is 11.1 Å². The van der Waals surface area contributed by atoms with Crippen LogP contribution in [0.25, 0.3) is 0 Å². The van der Waals surface area contributed by atoms with Gasteiger partial charge in [-0.25, -0.2) is 4.79 Å². The Morgan fingerprint density at radius 2 is 2.25 bits per heavy atom. The molecule has 0 N–H and O–H groups in total. The predicted molar refractivity (Wildman–Crippen MR) is 27.7 cm³/mol. The molecule has 8 heavy (non-hydrogen) atoms. The lowest BCUT2D eigenvalue weighted by Crippen LogP contribution is -2.34. The Hall–Kier alpha value is -0.570. The molecule has 1 aliphatic heterocycles. The van der Waals surface area contributed by atoms with Gasteiger partial charge < -0.3 is 0 Å². The Balaban J connectivity index is 2.56. The van der Waals surface area contributed by atoms with Gasteiger partial charge in [0, 0.05) is 0 Å². The highest BCUT2D eigenvalue weighted by Gasteiger charge is 2.30. The Labute approximate surface area is 48.4 Å². The number of nitrogens with zero attached hydrogens (tertiary/aromatic N) is 1. The summed E-state index contributed by atoms with van der Waals surface area (Å²) in [6.45, 7) is 0.804. The van der Waals surface area contributed by atoms with Crippen LogP contribution in [-0.4, -0.2) is 31.3 Å². The third-order valence-corrected chi connectivity index (χ3v) is 1.20. The summed E-state index contributed by atoms with van der Waals surface area (Å²) in [4.78, 5) is 15.3. The average Bonchev–Trinajstić information content (AvgIpc) is 1.82. The van der Waals surface area contributed by atoms with Gasteiger partial charge in [-0.2, -0.15) is 0 Å². The van der Waals surface area contributed by atoms with Crippen LogP contribution in [0.2, 0.25) is 0 Å². The number of carbonyl (C=O) groups is 1. The first-order valence-electron chi connectivity index (χ1n) is 2.66. The molecule has 0 unspecified atom stereocenters. The third kappa shape index (κ3) is 0.980. The molecule has 1 rings (SSSR count). The van der Waals surface area contributed by atoms with Gasteiger partial charge in [-0.05, 0) is 0 Å². The third-order valence-electron chi connectivity index (χ3n) is 1.20. The summed E-state index contributed by atoms with van der Waals surface area (Å²) in [7, 11) is 3.73. The van der Waals surface area contributed by atoms with E-state index >= 15 is 0 Å². The van der Waals surface area contributed by atoms with Crippen molar-refractivity contribution in [2.24, 2.45) is 0 Å². The minimum atomic E-state index is -0.0880. The van der Waals surface area contributed by atoms with Crippen LogP contribution < -0.4 is 0 Å². The van der Waals surface area contributed by atoms with E-state index in [2.05, 4.69) is 0 Å². The van der Waals surface area contributed by atoms with Gasteiger partial charge in [-0.1, -0.05) is 0 Å². The second-order valence-corrected chi connectivity index (χ2v) is 2.51. The van der Waals surface area contributed by atoms with Gasteiger partial charge in [0.1, 0.15) is 27.1 Å². The Kier molecular flexibility index (Phi) is 1.01. The van der Waals surface area contributed by atoms with Crippen molar-refractivity contribution in [2.75, 3.05) is 20.6 Å². The molecule has 0 aliphatic carbocycles. The van der Waals surface area contributed by atoms with Crippen molar-refractivity contribution in [2.45, 2.75) is 6.42 Å². The largest absolute Gasteiger partial charge is 0.372 e. The minimum Gasteiger partial charge on any atom is -0.277 e. The van der Waals surface area contributed by atoms with Crippen molar-refractivity contribution in [1.29, 1.82) is 0 Å². The highest BCUT2D eigenvalue weighted by atomic mass is 16.7. The molecule has 0 aromatic carbocycles. The molecular formula is C5H10NO2+. The van der Waals surface area contributed by atoms with Crippen LogP contribution in [0.15, 0.2) is 0 Å². The van der Waals surface area contributed by atoms with Crippen LogP contribution in [-0.2, 0) is 9.63 Å². The van der Waals surface area contributed by atoms with Crippen molar-refractivity contribution in [3.63, 3.8) is 0 Å². The number of carbonyl (C=O) groups excluding carboxylic acids is 1. The minimum absolute atomic E-state index is 0.0880. The molecule has 0 aromatic heterocycles. The van der Waals surface area contributed by atoms with Crippen LogP contribution in [0.3, 0.4) is 0 Å². The Morgan fingerprint density at radius 1 is 1.62 bits per heavy atom. The molecule has 0 aromatic rings. The van der Waals surface area contributed by atoms with E-state index in [-0.39, 0.29) is 5.97 Å². The summed E-state index contributed by atoms with van der Waals surface area (Å²) in [6.07, 6.45) is 0.562. The summed E-state index contributed by atoms with van der Waals surface area (Å²) in [5, 5.41) is 0. The first-order valence-corrected chi connectivity index (χ1v) is 2.66. The van der Waals surface area contributed by atoms with Crippen LogP contribution in [0.4, 0.5) is 0 Å². The molecule has 0 bridgehead atoms. The van der Waals surface area contributed by atoms with E-state index in [1.165, 1.54) is 0 Å². The zero-order valence-corrected chi connectivity index (χ0v) is 5.18. The van der Waals surface area contributed by atoms with Crippen LogP contribution in [0.1, 0.15) is 6.42 Å². The molecule has 0 amide bonds. The molecule has 0 atom stereocenters. The second kappa shape index (κ2) is 1.45. The molecule has 0 spiro atoms. The van der Waals surface area contributed by atoms with Gasteiger partial charge in [0.15, 0.2) is 0 Å². The van der Waals surface area contributed by atoms with E-state index in [4.69, 9.17) is 4.84 Å². The summed E-state index contributed by atoms with van der Waals surface area (Å²) >= 11 is 0. The normalized spacial score (nSPS) is 25.5. The fourth-order valence-corrected chi connectivity index (χ4v) is 0.727. The highest BCUT2D eigenvalue weighted by Crippen LogP contribution is 2.10. The number of quaternary nitrogens is 1. The molecule has 1 heterocycles. The number of hydroxylamine groups is 3. The molecular weight excluding hydrogens is 106 g/mol. The first kappa shape index (κ1) is 5.56. The van der Waals surface area contributed by atoms with E-state index < -0.39 is 0 Å². The summed E-state index contributed by atoms with van der Waals surface area (Å²) in [5.41, 5.74) is 0. The van der Waals surface area contributed by atoms with Crippen LogP contribution in [0.5, 0.6) is 0 Å². The average molecular weight is 116 g/mol. The summed E-state index contributed by atoms with van der Waals surface area (Å²) in [5.74, 6) is -0.0880. The zero-order chi connectivity index (χ0) is 6.20. The molecule has 1 fully saturated rings. The van der Waals surface area contributed by atoms with E-state index in [1.54, 1.807) is 0 Å². The van der Waals surface area contributed by atoms with E-state index in [9.17, 15) is 4.79 Å². The molecule has 0 radical (unpaired) electrons. The quantitative estimate of drug-likeness (QED) is 0.414. The maximum absolute atomic E-state index is 10.4. The molecule has 3 nitrogen and oxygen atoms in total. The van der Waals surface area contributed by atoms with Gasteiger partial charge in [0.25, 0.3) is 0 Å². The SMILES string of the molecule is C[N+]1(C)CCC(=O)O1. The first-order chi connectivity index (χ1) is 3.60. The van der Waals surface area contributed by atoms with Crippen molar-refractivity contribution < 1.29 is 14.3 Å². The monoisotopic (exact) mass is 116 g/mol. The maximum Gasteiger partial charge on any atom is 0.372 e. The van der Waals surface area contributed by atoms with Crippen LogP contribution in [0, 0.1) is 0 Å². The maximum atomic E-state index is 10.4.